The van der Waals surface area contributed by atoms with Crippen LogP contribution in [0.3, 0.4) is 0 Å². The van der Waals surface area contributed by atoms with Crippen LogP contribution in [0.1, 0.15) is 28.0 Å². The molecule has 0 aromatic carbocycles. The van der Waals surface area contributed by atoms with E-state index in [-0.39, 0.29) is 16.7 Å². The third kappa shape index (κ3) is 4.63. The number of anilines is 1. The first-order chi connectivity index (χ1) is 13.7. The zero-order chi connectivity index (χ0) is 21.3. The molecule has 0 spiro atoms. The van der Waals surface area contributed by atoms with E-state index in [0.717, 1.165) is 10.9 Å². The Kier molecular flexibility index (Phi) is 6.62. The minimum Gasteiger partial charge on any atom is -0.465 e. The van der Waals surface area contributed by atoms with Gasteiger partial charge in [-0.15, -0.1) is 11.3 Å². The molecule has 11 heteroatoms. The normalized spacial score (nSPS) is 12.1. The molecule has 1 amide bonds. The number of thioether (sulfide) groups is 1. The van der Waals surface area contributed by atoms with Crippen LogP contribution in [0.2, 0.25) is 10.0 Å². The number of rotatable bonds is 5. The molecule has 1 atom stereocenters. The molecule has 7 nitrogen and oxygen atoms in total. The zero-order valence-corrected chi connectivity index (χ0v) is 19.0. The minimum absolute atomic E-state index is 0.234. The van der Waals surface area contributed by atoms with Gasteiger partial charge in [0.1, 0.15) is 20.6 Å². The van der Waals surface area contributed by atoms with Crippen molar-refractivity contribution in [3.8, 4) is 0 Å². The highest BCUT2D eigenvalue weighted by Gasteiger charge is 2.24. The number of nitrogens with one attached hydrogen (secondary N) is 1. The fourth-order valence-electron chi connectivity index (χ4n) is 2.52. The molecular weight excluding hydrogens is 455 g/mol. The number of ether oxygens (including phenoxy) is 1. The summed E-state index contributed by atoms with van der Waals surface area (Å²) < 4.78 is 4.85. The van der Waals surface area contributed by atoms with Gasteiger partial charge in [0.15, 0.2) is 5.82 Å². The Balaban J connectivity index is 1.89. The summed E-state index contributed by atoms with van der Waals surface area (Å²) in [7, 11) is 1.33. The van der Waals surface area contributed by atoms with E-state index in [1.807, 2.05) is 6.92 Å². The molecule has 3 aromatic heterocycles. The molecule has 1 N–H and O–H groups in total. The van der Waals surface area contributed by atoms with Gasteiger partial charge in [0.25, 0.3) is 0 Å². The Morgan fingerprint density at radius 2 is 2.00 bits per heavy atom. The van der Waals surface area contributed by atoms with Crippen molar-refractivity contribution in [1.29, 1.82) is 0 Å². The lowest BCUT2D eigenvalue weighted by atomic mass is 10.2. The lowest BCUT2D eigenvalue weighted by Crippen LogP contribution is -2.23. The van der Waals surface area contributed by atoms with Gasteiger partial charge in [-0.1, -0.05) is 35.0 Å². The molecule has 0 saturated carbocycles. The number of aromatic nitrogens is 3. The van der Waals surface area contributed by atoms with Crippen LogP contribution in [0.15, 0.2) is 17.3 Å². The van der Waals surface area contributed by atoms with Crippen molar-refractivity contribution in [2.24, 2.45) is 0 Å². The number of methoxy groups -OCH3 is 1. The number of nitrogens with zero attached hydrogens (tertiary/aromatic N) is 3. The molecule has 3 aromatic rings. The predicted molar refractivity (Wildman–Crippen MR) is 116 cm³/mol. The molecule has 0 radical (unpaired) electrons. The summed E-state index contributed by atoms with van der Waals surface area (Å²) in [5.41, 5.74) is 0.731. The number of carbonyl (C=O) groups is 2. The lowest BCUT2D eigenvalue weighted by molar-refractivity contribution is -0.115. The van der Waals surface area contributed by atoms with Crippen LogP contribution in [0.25, 0.3) is 10.2 Å². The van der Waals surface area contributed by atoms with E-state index >= 15 is 0 Å². The van der Waals surface area contributed by atoms with Gasteiger partial charge >= 0.3 is 5.97 Å². The second-order valence-corrected chi connectivity index (χ2v) is 9.21. The summed E-state index contributed by atoms with van der Waals surface area (Å²) in [6.07, 6.45) is 1.40. The summed E-state index contributed by atoms with van der Waals surface area (Å²) in [6.45, 7) is 5.32. The molecule has 3 heterocycles. The van der Waals surface area contributed by atoms with Crippen molar-refractivity contribution in [3.63, 3.8) is 0 Å². The molecule has 29 heavy (non-hydrogen) atoms. The second kappa shape index (κ2) is 8.83. The number of amides is 1. The average Bonchev–Trinajstić information content (AvgIpc) is 2.99. The van der Waals surface area contributed by atoms with Gasteiger partial charge in [0, 0.05) is 11.6 Å². The number of fused-ring (bicyclic) bond motifs is 1. The predicted octanol–water partition coefficient (Wildman–Crippen LogP) is 4.92. The molecule has 1 unspecified atom stereocenters. The first-order valence-electron chi connectivity index (χ1n) is 8.35. The van der Waals surface area contributed by atoms with E-state index in [4.69, 9.17) is 27.9 Å². The molecule has 0 aliphatic rings. The van der Waals surface area contributed by atoms with Gasteiger partial charge in [-0.25, -0.2) is 19.7 Å². The number of thiophene rings is 1. The van der Waals surface area contributed by atoms with E-state index in [2.05, 4.69) is 20.3 Å². The number of pyridine rings is 1. The third-order valence-corrected chi connectivity index (χ3v) is 6.69. The molecular formula is C18H16Cl2N4O3S2. The van der Waals surface area contributed by atoms with Crippen LogP contribution in [0.4, 0.5) is 5.82 Å². The maximum absolute atomic E-state index is 12.6. The van der Waals surface area contributed by atoms with Crippen LogP contribution in [0, 0.1) is 13.8 Å². The highest BCUT2D eigenvalue weighted by molar-refractivity contribution is 8.00. The molecule has 0 aliphatic heterocycles. The molecule has 152 valence electrons. The zero-order valence-electron chi connectivity index (χ0n) is 15.9. The SMILES string of the molecule is COC(=O)c1sc2nc(C)nc(SC(C)C(=O)Nc3ncc(Cl)cc3Cl)c2c1C. The van der Waals surface area contributed by atoms with Crippen LogP contribution in [0.5, 0.6) is 0 Å². The standard InChI is InChI=1S/C18H16Cl2N4O3S2/c1-7-12-16(22-9(3)23-17(12)29-13(7)18(26)27-4)28-8(2)15(25)24-14-11(20)5-10(19)6-21-14/h5-6,8H,1-4H3,(H,21,24,25). The number of aryl methyl sites for hydroxylation is 2. The van der Waals surface area contributed by atoms with Gasteiger partial charge in [-0.3, -0.25) is 4.79 Å². The Labute approximate surface area is 185 Å². The second-order valence-electron chi connectivity index (χ2n) is 6.04. The molecule has 0 aliphatic carbocycles. The Bertz CT molecular complexity index is 1120. The fourth-order valence-corrected chi connectivity index (χ4v) is 5.21. The first-order valence-corrected chi connectivity index (χ1v) is 10.8. The fraction of sp³-hybridized carbons (Fsp3) is 0.278. The van der Waals surface area contributed by atoms with Crippen molar-refractivity contribution in [2.75, 3.05) is 12.4 Å². The van der Waals surface area contributed by atoms with Crippen molar-refractivity contribution in [3.05, 3.63) is 38.6 Å². The average molecular weight is 471 g/mol. The minimum atomic E-state index is -0.512. The van der Waals surface area contributed by atoms with Gasteiger partial charge < -0.3 is 10.1 Å². The van der Waals surface area contributed by atoms with Crippen molar-refractivity contribution >= 4 is 74.2 Å². The molecule has 3 rings (SSSR count). The van der Waals surface area contributed by atoms with Gasteiger partial charge in [0.2, 0.25) is 5.91 Å². The highest BCUT2D eigenvalue weighted by Crippen LogP contribution is 2.37. The quantitative estimate of drug-likeness (QED) is 0.321. The Morgan fingerprint density at radius 3 is 2.66 bits per heavy atom. The van der Waals surface area contributed by atoms with Gasteiger partial charge in [0.05, 0.1) is 22.4 Å². The van der Waals surface area contributed by atoms with Crippen molar-refractivity contribution < 1.29 is 14.3 Å². The largest absolute Gasteiger partial charge is 0.465 e. The van der Waals surface area contributed by atoms with E-state index < -0.39 is 11.2 Å². The number of hydrogen-bond donors (Lipinski definition) is 1. The monoisotopic (exact) mass is 470 g/mol. The van der Waals surface area contributed by atoms with Gasteiger partial charge in [-0.05, 0) is 32.4 Å². The Morgan fingerprint density at radius 1 is 1.28 bits per heavy atom. The Hall–Kier alpha value is -1.94. The summed E-state index contributed by atoms with van der Waals surface area (Å²) in [5, 5.41) is 4.17. The summed E-state index contributed by atoms with van der Waals surface area (Å²) in [4.78, 5) is 38.8. The molecule has 0 fully saturated rings. The summed E-state index contributed by atoms with van der Waals surface area (Å²) >= 11 is 14.4. The van der Waals surface area contributed by atoms with Crippen LogP contribution in [-0.2, 0) is 9.53 Å². The van der Waals surface area contributed by atoms with E-state index in [1.54, 1.807) is 13.8 Å². The summed E-state index contributed by atoms with van der Waals surface area (Å²) in [5.74, 6) is 0.0653. The number of esters is 1. The highest BCUT2D eigenvalue weighted by atomic mass is 35.5. The maximum atomic E-state index is 12.6. The maximum Gasteiger partial charge on any atom is 0.348 e. The smallest absolute Gasteiger partial charge is 0.348 e. The topological polar surface area (TPSA) is 94.1 Å². The molecule has 0 saturated heterocycles. The molecule has 0 bridgehead atoms. The number of carbonyl (C=O) groups excluding carboxylic acids is 2. The third-order valence-electron chi connectivity index (χ3n) is 3.95. The van der Waals surface area contributed by atoms with Crippen LogP contribution in [-0.4, -0.2) is 39.2 Å². The first kappa shape index (κ1) is 21.8. The number of hydrogen-bond acceptors (Lipinski definition) is 8. The summed E-state index contributed by atoms with van der Waals surface area (Å²) in [6, 6.07) is 1.50. The van der Waals surface area contributed by atoms with E-state index in [9.17, 15) is 9.59 Å². The number of halogens is 2. The van der Waals surface area contributed by atoms with Crippen molar-refractivity contribution in [1.82, 2.24) is 15.0 Å². The lowest BCUT2D eigenvalue weighted by Gasteiger charge is -2.13. The van der Waals surface area contributed by atoms with E-state index in [1.165, 1.54) is 42.5 Å². The van der Waals surface area contributed by atoms with Crippen LogP contribution >= 0.6 is 46.3 Å². The van der Waals surface area contributed by atoms with Crippen molar-refractivity contribution in [2.45, 2.75) is 31.0 Å². The van der Waals surface area contributed by atoms with Gasteiger partial charge in [-0.2, -0.15) is 0 Å². The van der Waals surface area contributed by atoms with E-state index in [0.29, 0.717) is 25.6 Å². The van der Waals surface area contributed by atoms with Crippen LogP contribution < -0.4 is 5.32 Å².